The van der Waals surface area contributed by atoms with Gasteiger partial charge >= 0.3 is 0 Å². The van der Waals surface area contributed by atoms with Gasteiger partial charge in [0.1, 0.15) is 0 Å². The molecule has 0 radical (unpaired) electrons. The molecule has 0 heterocycles. The van der Waals surface area contributed by atoms with Crippen molar-refractivity contribution in [1.29, 1.82) is 0 Å². The van der Waals surface area contributed by atoms with Crippen LogP contribution >= 0.6 is 0 Å². The topological polar surface area (TPSA) is 49.4 Å². The maximum Gasteiger partial charge on any atom is 0.241 e. The van der Waals surface area contributed by atoms with Gasteiger partial charge in [0.25, 0.3) is 0 Å². The molecule has 2 aromatic rings. The molecule has 2 amide bonds. The van der Waals surface area contributed by atoms with Gasteiger partial charge in [0.05, 0.1) is 13.0 Å². The lowest BCUT2D eigenvalue weighted by atomic mass is 10.0. The third-order valence-corrected chi connectivity index (χ3v) is 4.18. The third kappa shape index (κ3) is 4.82. The monoisotopic (exact) mass is 326 g/mol. The van der Waals surface area contributed by atoms with Crippen molar-refractivity contribution in [2.45, 2.75) is 33.1 Å². The van der Waals surface area contributed by atoms with E-state index >= 15 is 0 Å². The second-order valence-corrected chi connectivity index (χ2v) is 5.92. The number of nitrogens with one attached hydrogen (secondary N) is 1. The van der Waals surface area contributed by atoms with E-state index < -0.39 is 0 Å². The third-order valence-electron chi connectivity index (χ3n) is 4.18. The predicted octanol–water partition coefficient (Wildman–Crippen LogP) is 3.15. The summed E-state index contributed by atoms with van der Waals surface area (Å²) in [7, 11) is 0. The molecule has 1 N–H and O–H groups in total. The van der Waals surface area contributed by atoms with Crippen LogP contribution in [0.2, 0.25) is 0 Å². The van der Waals surface area contributed by atoms with Crippen LogP contribution in [0.4, 0.5) is 0 Å². The summed E-state index contributed by atoms with van der Waals surface area (Å²) in [5.41, 5.74) is 0.983. The van der Waals surface area contributed by atoms with Crippen molar-refractivity contribution in [2.75, 3.05) is 19.6 Å². The quantitative estimate of drug-likeness (QED) is 0.810. The summed E-state index contributed by atoms with van der Waals surface area (Å²) in [6, 6.07) is 14.0. The molecule has 128 valence electrons. The molecule has 0 unspecified atom stereocenters. The van der Waals surface area contributed by atoms with Crippen LogP contribution in [-0.4, -0.2) is 36.3 Å². The number of unbranched alkanes of at least 4 members (excludes halogenated alkanes) is 1. The van der Waals surface area contributed by atoms with E-state index in [1.807, 2.05) is 49.4 Å². The first kappa shape index (κ1) is 18.0. The van der Waals surface area contributed by atoms with Crippen LogP contribution in [0.15, 0.2) is 42.5 Å². The number of carbonyl (C=O) groups excluding carboxylic acids is 2. The number of fused-ring (bicyclic) bond motifs is 1. The maximum atomic E-state index is 12.2. The van der Waals surface area contributed by atoms with Crippen molar-refractivity contribution in [2.24, 2.45) is 0 Å². The summed E-state index contributed by atoms with van der Waals surface area (Å²) in [5.74, 6) is -0.136. The van der Waals surface area contributed by atoms with E-state index in [-0.39, 0.29) is 24.8 Å². The highest BCUT2D eigenvalue weighted by atomic mass is 16.2. The average molecular weight is 326 g/mol. The molecular weight excluding hydrogens is 300 g/mol. The molecule has 0 saturated carbocycles. The molecule has 0 aliphatic carbocycles. The highest BCUT2D eigenvalue weighted by Crippen LogP contribution is 2.18. The zero-order valence-corrected chi connectivity index (χ0v) is 14.5. The Kier molecular flexibility index (Phi) is 6.79. The van der Waals surface area contributed by atoms with Crippen LogP contribution in [0.25, 0.3) is 10.8 Å². The first-order chi connectivity index (χ1) is 11.7. The van der Waals surface area contributed by atoms with Gasteiger partial charge in [0, 0.05) is 13.1 Å². The molecule has 0 aliphatic heterocycles. The van der Waals surface area contributed by atoms with E-state index in [1.54, 1.807) is 4.90 Å². The Morgan fingerprint density at radius 1 is 1.04 bits per heavy atom. The average Bonchev–Trinajstić information content (AvgIpc) is 2.61. The van der Waals surface area contributed by atoms with Crippen molar-refractivity contribution >= 4 is 22.6 Å². The highest BCUT2D eigenvalue weighted by molar-refractivity contribution is 5.91. The smallest absolute Gasteiger partial charge is 0.241 e. The normalized spacial score (nSPS) is 10.6. The van der Waals surface area contributed by atoms with Crippen LogP contribution in [0.5, 0.6) is 0 Å². The van der Waals surface area contributed by atoms with Crippen molar-refractivity contribution in [3.8, 4) is 0 Å². The van der Waals surface area contributed by atoms with Gasteiger partial charge in [0.15, 0.2) is 0 Å². The number of carbonyl (C=O) groups is 2. The Bertz CT molecular complexity index is 692. The molecule has 2 aromatic carbocycles. The summed E-state index contributed by atoms with van der Waals surface area (Å²) in [4.78, 5) is 26.2. The molecule has 4 nitrogen and oxygen atoms in total. The molecule has 0 atom stereocenters. The van der Waals surface area contributed by atoms with Gasteiger partial charge in [-0.15, -0.1) is 0 Å². The summed E-state index contributed by atoms with van der Waals surface area (Å²) < 4.78 is 0. The second-order valence-electron chi connectivity index (χ2n) is 5.92. The molecular formula is C20H26N2O2. The SMILES string of the molecule is CCCCN(CC)C(=O)CNC(=O)Cc1cccc2ccccc12. The highest BCUT2D eigenvalue weighted by Gasteiger charge is 2.13. The summed E-state index contributed by atoms with van der Waals surface area (Å²) in [5, 5.41) is 4.96. The van der Waals surface area contributed by atoms with E-state index in [0.29, 0.717) is 6.54 Å². The molecule has 4 heteroatoms. The first-order valence-electron chi connectivity index (χ1n) is 8.66. The van der Waals surface area contributed by atoms with Crippen LogP contribution in [0.3, 0.4) is 0 Å². The van der Waals surface area contributed by atoms with Gasteiger partial charge in [-0.05, 0) is 29.7 Å². The fourth-order valence-corrected chi connectivity index (χ4v) is 2.78. The number of rotatable bonds is 8. The van der Waals surface area contributed by atoms with E-state index in [0.717, 1.165) is 35.7 Å². The molecule has 0 aromatic heterocycles. The standard InChI is InChI=1S/C20H26N2O2/c1-3-5-13-22(4-2)20(24)15-21-19(23)14-17-11-8-10-16-9-6-7-12-18(16)17/h6-12H,3-5,13-15H2,1-2H3,(H,21,23). The second kappa shape index (κ2) is 9.06. The van der Waals surface area contributed by atoms with Crippen molar-refractivity contribution in [1.82, 2.24) is 10.2 Å². The lowest BCUT2D eigenvalue weighted by molar-refractivity contribution is -0.132. The van der Waals surface area contributed by atoms with Crippen molar-refractivity contribution in [3.63, 3.8) is 0 Å². The van der Waals surface area contributed by atoms with Gasteiger partial charge < -0.3 is 10.2 Å². The molecule has 24 heavy (non-hydrogen) atoms. The molecule has 0 bridgehead atoms. The zero-order valence-electron chi connectivity index (χ0n) is 14.5. The minimum Gasteiger partial charge on any atom is -0.347 e. The molecule has 2 rings (SSSR count). The fraction of sp³-hybridized carbons (Fsp3) is 0.400. The van der Waals surface area contributed by atoms with Crippen LogP contribution < -0.4 is 5.32 Å². The van der Waals surface area contributed by atoms with Gasteiger partial charge in [-0.1, -0.05) is 55.8 Å². The Labute approximate surface area is 143 Å². The largest absolute Gasteiger partial charge is 0.347 e. The van der Waals surface area contributed by atoms with E-state index in [2.05, 4.69) is 12.2 Å². The van der Waals surface area contributed by atoms with Crippen molar-refractivity contribution in [3.05, 3.63) is 48.0 Å². The summed E-state index contributed by atoms with van der Waals surface area (Å²) in [6.45, 7) is 5.57. The summed E-state index contributed by atoms with van der Waals surface area (Å²) >= 11 is 0. The minimum absolute atomic E-state index is 0.0165. The fourth-order valence-electron chi connectivity index (χ4n) is 2.78. The number of benzene rings is 2. The van der Waals surface area contributed by atoms with E-state index in [4.69, 9.17) is 0 Å². The Hall–Kier alpha value is -2.36. The number of likely N-dealkylation sites (N-methyl/N-ethyl adjacent to an activating group) is 1. The number of nitrogens with zero attached hydrogens (tertiary/aromatic N) is 1. The number of amides is 2. The lowest BCUT2D eigenvalue weighted by Gasteiger charge is -2.20. The van der Waals surface area contributed by atoms with Gasteiger partial charge in [-0.2, -0.15) is 0 Å². The Morgan fingerprint density at radius 2 is 1.79 bits per heavy atom. The Balaban J connectivity index is 1.92. The predicted molar refractivity (Wildman–Crippen MR) is 97.8 cm³/mol. The number of hydrogen-bond donors (Lipinski definition) is 1. The van der Waals surface area contributed by atoms with E-state index in [1.165, 1.54) is 0 Å². The molecule has 0 spiro atoms. The van der Waals surface area contributed by atoms with Crippen LogP contribution in [-0.2, 0) is 16.0 Å². The maximum absolute atomic E-state index is 12.2. The van der Waals surface area contributed by atoms with Gasteiger partial charge in [-0.3, -0.25) is 9.59 Å². The Morgan fingerprint density at radius 3 is 2.54 bits per heavy atom. The van der Waals surface area contributed by atoms with Gasteiger partial charge in [0.2, 0.25) is 11.8 Å². The van der Waals surface area contributed by atoms with E-state index in [9.17, 15) is 9.59 Å². The number of hydrogen-bond acceptors (Lipinski definition) is 2. The zero-order chi connectivity index (χ0) is 17.4. The minimum atomic E-state index is -0.119. The summed E-state index contributed by atoms with van der Waals surface area (Å²) in [6.07, 6.45) is 2.33. The molecule has 0 fully saturated rings. The van der Waals surface area contributed by atoms with Crippen molar-refractivity contribution < 1.29 is 9.59 Å². The van der Waals surface area contributed by atoms with Gasteiger partial charge in [-0.25, -0.2) is 0 Å². The lowest BCUT2D eigenvalue weighted by Crippen LogP contribution is -2.41. The first-order valence-corrected chi connectivity index (χ1v) is 8.66. The molecule has 0 aliphatic rings. The van der Waals surface area contributed by atoms with Crippen LogP contribution in [0, 0.1) is 0 Å². The molecule has 0 saturated heterocycles. The van der Waals surface area contributed by atoms with Crippen LogP contribution in [0.1, 0.15) is 32.3 Å².